The van der Waals surface area contributed by atoms with Crippen LogP contribution in [0.1, 0.15) is 25.0 Å². The van der Waals surface area contributed by atoms with Gasteiger partial charge in [-0.15, -0.1) is 0 Å². The van der Waals surface area contributed by atoms with Crippen LogP contribution in [0.25, 0.3) is 65.7 Å². The predicted molar refractivity (Wildman–Crippen MR) is 197 cm³/mol. The van der Waals surface area contributed by atoms with Crippen molar-refractivity contribution in [3.05, 3.63) is 169 Å². The van der Waals surface area contributed by atoms with Crippen molar-refractivity contribution in [2.45, 2.75) is 19.3 Å². The first-order valence-electron chi connectivity index (χ1n) is 16.1. The van der Waals surface area contributed by atoms with Crippen molar-refractivity contribution >= 4 is 43.7 Å². The topological polar surface area (TPSA) is 12.0 Å². The SMILES string of the molecule is CC1(C)c2ccc(-c3ccc(-c4ccccc4)cc3)cc2-c2cccc(Nc3ccc4c5ccccc5c5ccccc5c4c3)c21. The maximum absolute atomic E-state index is 3.87. The quantitative estimate of drug-likeness (QED) is 0.202. The average Bonchev–Trinajstić information content (AvgIpc) is 3.35. The minimum absolute atomic E-state index is 0.135. The smallest absolute Gasteiger partial charge is 0.0431 e. The number of hydrogen-bond acceptors (Lipinski definition) is 1. The normalized spacial score (nSPS) is 13.2. The van der Waals surface area contributed by atoms with Crippen LogP contribution in [0.2, 0.25) is 0 Å². The zero-order valence-corrected chi connectivity index (χ0v) is 26.0. The van der Waals surface area contributed by atoms with Gasteiger partial charge in [0.2, 0.25) is 0 Å². The van der Waals surface area contributed by atoms with Crippen molar-refractivity contribution in [3.8, 4) is 33.4 Å². The Bertz CT molecular complexity index is 2410. The lowest BCUT2D eigenvalue weighted by molar-refractivity contribution is 0.662. The van der Waals surface area contributed by atoms with E-state index in [9.17, 15) is 0 Å². The van der Waals surface area contributed by atoms with Gasteiger partial charge < -0.3 is 5.32 Å². The summed E-state index contributed by atoms with van der Waals surface area (Å²) in [5, 5.41) is 11.6. The molecule has 0 atom stereocenters. The van der Waals surface area contributed by atoms with E-state index in [0.29, 0.717) is 0 Å². The Balaban J connectivity index is 1.12. The highest BCUT2D eigenvalue weighted by Gasteiger charge is 2.37. The van der Waals surface area contributed by atoms with Crippen LogP contribution in [-0.2, 0) is 5.41 Å². The Morgan fingerprint density at radius 1 is 0.391 bits per heavy atom. The van der Waals surface area contributed by atoms with E-state index in [4.69, 9.17) is 0 Å². The third-order valence-corrected chi connectivity index (χ3v) is 10.0. The van der Waals surface area contributed by atoms with E-state index >= 15 is 0 Å². The van der Waals surface area contributed by atoms with Crippen LogP contribution in [0.4, 0.5) is 11.4 Å². The van der Waals surface area contributed by atoms with Gasteiger partial charge in [-0.2, -0.15) is 0 Å². The van der Waals surface area contributed by atoms with Crippen molar-refractivity contribution in [3.63, 3.8) is 0 Å². The molecule has 46 heavy (non-hydrogen) atoms. The van der Waals surface area contributed by atoms with Gasteiger partial charge in [0.05, 0.1) is 0 Å². The number of anilines is 2. The van der Waals surface area contributed by atoms with Crippen LogP contribution in [0, 0.1) is 0 Å². The fourth-order valence-electron chi connectivity index (χ4n) is 7.81. The van der Waals surface area contributed by atoms with Crippen molar-refractivity contribution in [2.24, 2.45) is 0 Å². The summed E-state index contributed by atoms with van der Waals surface area (Å²) in [6.45, 7) is 4.72. The molecule has 0 radical (unpaired) electrons. The first-order chi connectivity index (χ1) is 22.6. The third kappa shape index (κ3) is 4.09. The molecule has 1 aliphatic rings. The zero-order chi connectivity index (χ0) is 30.8. The second kappa shape index (κ2) is 10.2. The molecule has 0 spiro atoms. The van der Waals surface area contributed by atoms with E-state index in [1.54, 1.807) is 0 Å². The maximum atomic E-state index is 3.87. The van der Waals surface area contributed by atoms with E-state index in [0.717, 1.165) is 11.4 Å². The van der Waals surface area contributed by atoms with Crippen LogP contribution in [0.15, 0.2) is 158 Å². The van der Waals surface area contributed by atoms with Gasteiger partial charge in [0.1, 0.15) is 0 Å². The second-order valence-corrected chi connectivity index (χ2v) is 13.0. The molecule has 1 nitrogen and oxygen atoms in total. The van der Waals surface area contributed by atoms with Gasteiger partial charge in [0.25, 0.3) is 0 Å². The Morgan fingerprint density at radius 2 is 0.935 bits per heavy atom. The molecule has 0 bridgehead atoms. The van der Waals surface area contributed by atoms with Crippen LogP contribution < -0.4 is 5.32 Å². The van der Waals surface area contributed by atoms with Gasteiger partial charge in [0, 0.05) is 16.8 Å². The highest BCUT2D eigenvalue weighted by molar-refractivity contribution is 6.25. The molecular formula is C45H33N. The molecule has 9 rings (SSSR count). The summed E-state index contributed by atoms with van der Waals surface area (Å²) in [4.78, 5) is 0. The van der Waals surface area contributed by atoms with Crippen LogP contribution in [-0.4, -0.2) is 0 Å². The first-order valence-corrected chi connectivity index (χ1v) is 16.1. The van der Waals surface area contributed by atoms with Crippen molar-refractivity contribution < 1.29 is 0 Å². The lowest BCUT2D eigenvalue weighted by Crippen LogP contribution is -2.16. The molecule has 0 unspecified atom stereocenters. The van der Waals surface area contributed by atoms with Gasteiger partial charge in [-0.25, -0.2) is 0 Å². The van der Waals surface area contributed by atoms with Gasteiger partial charge in [-0.1, -0.05) is 147 Å². The molecule has 0 fully saturated rings. The Kier molecular flexibility index (Phi) is 5.92. The highest BCUT2D eigenvalue weighted by Crippen LogP contribution is 2.53. The molecule has 1 heteroatoms. The molecule has 0 aromatic heterocycles. The Morgan fingerprint density at radius 3 is 1.61 bits per heavy atom. The summed E-state index contributed by atoms with van der Waals surface area (Å²) < 4.78 is 0. The third-order valence-electron chi connectivity index (χ3n) is 10.0. The summed E-state index contributed by atoms with van der Waals surface area (Å²) in [5.74, 6) is 0. The number of nitrogens with one attached hydrogen (secondary N) is 1. The molecule has 0 saturated heterocycles. The molecule has 0 aliphatic heterocycles. The van der Waals surface area contributed by atoms with Crippen molar-refractivity contribution in [2.75, 3.05) is 5.32 Å². The van der Waals surface area contributed by atoms with Gasteiger partial charge >= 0.3 is 0 Å². The van der Waals surface area contributed by atoms with Crippen LogP contribution in [0.3, 0.4) is 0 Å². The van der Waals surface area contributed by atoms with E-state index in [2.05, 4.69) is 177 Å². The molecule has 0 amide bonds. The summed E-state index contributed by atoms with van der Waals surface area (Å²) in [5.41, 5.74) is 12.5. The molecule has 0 saturated carbocycles. The van der Waals surface area contributed by atoms with Crippen molar-refractivity contribution in [1.82, 2.24) is 0 Å². The molecule has 218 valence electrons. The summed E-state index contributed by atoms with van der Waals surface area (Å²) >= 11 is 0. The summed E-state index contributed by atoms with van der Waals surface area (Å²) in [7, 11) is 0. The van der Waals surface area contributed by atoms with E-state index in [1.165, 1.54) is 76.8 Å². The standard InChI is InChI=1S/C45H33N/c1-45(2)42-26-23-32(31-21-19-30(20-22-31)29-11-4-3-5-12-29)27-41(42)39-17-10-18-43(44(39)45)46-33-24-25-38-36-15-7-6-13-34(36)35-14-8-9-16-37(35)40(38)28-33/h3-28,46H,1-2H3. The second-order valence-electron chi connectivity index (χ2n) is 13.0. The minimum Gasteiger partial charge on any atom is -0.355 e. The average molecular weight is 588 g/mol. The number of hydrogen-bond donors (Lipinski definition) is 1. The van der Waals surface area contributed by atoms with Crippen LogP contribution >= 0.6 is 0 Å². The monoisotopic (exact) mass is 587 g/mol. The fourth-order valence-corrected chi connectivity index (χ4v) is 7.81. The van der Waals surface area contributed by atoms with Gasteiger partial charge in [-0.3, -0.25) is 0 Å². The fraction of sp³-hybridized carbons (Fsp3) is 0.0667. The molecular weight excluding hydrogens is 555 g/mol. The van der Waals surface area contributed by atoms with Gasteiger partial charge in [0.15, 0.2) is 0 Å². The summed E-state index contributed by atoms with van der Waals surface area (Å²) in [6.07, 6.45) is 0. The highest BCUT2D eigenvalue weighted by atomic mass is 14.9. The predicted octanol–water partition coefficient (Wildman–Crippen LogP) is 12.5. The molecule has 0 heterocycles. The van der Waals surface area contributed by atoms with E-state index < -0.39 is 0 Å². The molecule has 8 aromatic rings. The largest absolute Gasteiger partial charge is 0.355 e. The van der Waals surface area contributed by atoms with E-state index in [1.807, 2.05) is 0 Å². The maximum Gasteiger partial charge on any atom is 0.0431 e. The zero-order valence-electron chi connectivity index (χ0n) is 26.0. The lowest BCUT2D eigenvalue weighted by Gasteiger charge is -2.25. The van der Waals surface area contributed by atoms with Gasteiger partial charge in [-0.05, 0) is 101 Å². The van der Waals surface area contributed by atoms with Crippen molar-refractivity contribution in [1.29, 1.82) is 0 Å². The summed E-state index contributed by atoms with van der Waals surface area (Å²) in [6, 6.07) is 57.6. The number of rotatable bonds is 4. The number of fused-ring (bicyclic) bond motifs is 9. The number of benzene rings is 8. The Labute approximate surface area is 269 Å². The molecule has 1 N–H and O–H groups in total. The Hall–Kier alpha value is -5.66. The first kappa shape index (κ1) is 26.7. The lowest BCUT2D eigenvalue weighted by atomic mass is 9.81. The molecule has 8 aromatic carbocycles. The molecule has 1 aliphatic carbocycles. The minimum atomic E-state index is -0.135. The van der Waals surface area contributed by atoms with E-state index in [-0.39, 0.29) is 5.41 Å². The van der Waals surface area contributed by atoms with Crippen LogP contribution in [0.5, 0.6) is 0 Å².